The molecule has 0 aromatic carbocycles. The Morgan fingerprint density at radius 3 is 3.06 bits per heavy atom. The minimum absolute atomic E-state index is 0.832. The predicted octanol–water partition coefficient (Wildman–Crippen LogP) is 0.523. The van der Waals surface area contributed by atoms with Gasteiger partial charge in [0.25, 0.3) is 0 Å². The van der Waals surface area contributed by atoms with Gasteiger partial charge in [-0.25, -0.2) is 15.0 Å². The van der Waals surface area contributed by atoms with Gasteiger partial charge in [-0.1, -0.05) is 0 Å². The fourth-order valence-electron chi connectivity index (χ4n) is 2.06. The van der Waals surface area contributed by atoms with Gasteiger partial charge in [0.2, 0.25) is 0 Å². The maximum absolute atomic E-state index is 4.36. The van der Waals surface area contributed by atoms with Crippen molar-refractivity contribution in [1.29, 1.82) is 0 Å². The summed E-state index contributed by atoms with van der Waals surface area (Å²) in [5, 5.41) is 3.35. The number of aryl methyl sites for hydroxylation is 1. The van der Waals surface area contributed by atoms with Crippen LogP contribution >= 0.6 is 0 Å². The Morgan fingerprint density at radius 2 is 2.25 bits per heavy atom. The molecule has 5 heteroatoms. The van der Waals surface area contributed by atoms with Crippen molar-refractivity contribution in [3.8, 4) is 11.5 Å². The van der Waals surface area contributed by atoms with Crippen molar-refractivity contribution in [2.75, 3.05) is 6.54 Å². The van der Waals surface area contributed by atoms with Crippen LogP contribution in [0, 0.1) is 0 Å². The van der Waals surface area contributed by atoms with Gasteiger partial charge in [-0.2, -0.15) is 0 Å². The van der Waals surface area contributed by atoms with Crippen molar-refractivity contribution in [1.82, 2.24) is 24.8 Å². The highest BCUT2D eigenvalue weighted by Gasteiger charge is 2.18. The first kappa shape index (κ1) is 9.47. The van der Waals surface area contributed by atoms with Crippen LogP contribution in [0.25, 0.3) is 11.5 Å². The minimum Gasteiger partial charge on any atom is -0.333 e. The smallest absolute Gasteiger partial charge is 0.158 e. The third-order valence-electron chi connectivity index (χ3n) is 2.91. The van der Waals surface area contributed by atoms with E-state index in [1.165, 1.54) is 5.56 Å². The van der Waals surface area contributed by atoms with E-state index in [9.17, 15) is 0 Å². The number of nitrogens with zero attached hydrogens (tertiary/aromatic N) is 4. The summed E-state index contributed by atoms with van der Waals surface area (Å²) < 4.78 is 1.98. The zero-order chi connectivity index (χ0) is 11.0. The Balaban J connectivity index is 2.18. The molecule has 1 aliphatic heterocycles. The zero-order valence-corrected chi connectivity index (χ0v) is 9.14. The average molecular weight is 215 g/mol. The molecule has 0 bridgehead atoms. The monoisotopic (exact) mass is 215 g/mol. The van der Waals surface area contributed by atoms with Crippen molar-refractivity contribution >= 4 is 0 Å². The summed E-state index contributed by atoms with van der Waals surface area (Å²) >= 11 is 0. The number of aromatic nitrogens is 4. The third kappa shape index (κ3) is 1.40. The van der Waals surface area contributed by atoms with Crippen LogP contribution in [-0.2, 0) is 20.0 Å². The Kier molecular flexibility index (Phi) is 2.18. The second-order valence-electron chi connectivity index (χ2n) is 3.94. The van der Waals surface area contributed by atoms with Crippen LogP contribution < -0.4 is 5.32 Å². The molecule has 0 spiro atoms. The van der Waals surface area contributed by atoms with Crippen molar-refractivity contribution in [3.05, 3.63) is 30.0 Å². The highest BCUT2D eigenvalue weighted by molar-refractivity contribution is 5.56. The van der Waals surface area contributed by atoms with Gasteiger partial charge in [0.05, 0.1) is 5.69 Å². The van der Waals surface area contributed by atoms with Gasteiger partial charge < -0.3 is 9.88 Å². The maximum atomic E-state index is 4.36. The molecule has 82 valence electrons. The van der Waals surface area contributed by atoms with Crippen LogP contribution in [0.4, 0.5) is 0 Å². The summed E-state index contributed by atoms with van der Waals surface area (Å²) in [5.74, 6) is 0.905. The molecular weight excluding hydrogens is 202 g/mol. The van der Waals surface area contributed by atoms with Crippen LogP contribution in [0.15, 0.2) is 18.7 Å². The molecule has 0 unspecified atom stereocenters. The summed E-state index contributed by atoms with van der Waals surface area (Å²) in [4.78, 5) is 13.0. The van der Waals surface area contributed by atoms with Crippen molar-refractivity contribution in [2.45, 2.75) is 13.0 Å². The summed E-state index contributed by atoms with van der Waals surface area (Å²) in [6, 6.07) is 0. The first-order chi connectivity index (χ1) is 7.86. The standard InChI is InChI=1S/C11H13N5/c1-16-5-4-13-11(16)10-8-6-12-3-2-9(8)14-7-15-10/h4-5,7,12H,2-3,6H2,1H3. The Bertz CT molecular complexity index is 517. The van der Waals surface area contributed by atoms with E-state index in [4.69, 9.17) is 0 Å². The molecule has 0 saturated carbocycles. The quantitative estimate of drug-likeness (QED) is 0.753. The molecule has 1 N–H and O–H groups in total. The van der Waals surface area contributed by atoms with Crippen molar-refractivity contribution < 1.29 is 0 Å². The largest absolute Gasteiger partial charge is 0.333 e. The lowest BCUT2D eigenvalue weighted by molar-refractivity contribution is 0.626. The Hall–Kier alpha value is -1.75. The number of hydrogen-bond acceptors (Lipinski definition) is 4. The van der Waals surface area contributed by atoms with E-state index in [-0.39, 0.29) is 0 Å². The molecule has 2 aromatic rings. The van der Waals surface area contributed by atoms with E-state index >= 15 is 0 Å². The second kappa shape index (κ2) is 3.68. The molecular formula is C11H13N5. The summed E-state index contributed by atoms with van der Waals surface area (Å²) in [5.41, 5.74) is 3.28. The molecule has 0 atom stereocenters. The van der Waals surface area contributed by atoms with E-state index in [0.29, 0.717) is 0 Å². The molecule has 0 saturated heterocycles. The highest BCUT2D eigenvalue weighted by atomic mass is 15.1. The van der Waals surface area contributed by atoms with Gasteiger partial charge in [0.1, 0.15) is 12.0 Å². The van der Waals surface area contributed by atoms with Gasteiger partial charge >= 0.3 is 0 Å². The van der Waals surface area contributed by atoms with Gasteiger partial charge in [-0.3, -0.25) is 0 Å². The van der Waals surface area contributed by atoms with Crippen LogP contribution in [0.3, 0.4) is 0 Å². The van der Waals surface area contributed by atoms with Crippen molar-refractivity contribution in [2.24, 2.45) is 7.05 Å². The number of fused-ring (bicyclic) bond motifs is 1. The van der Waals surface area contributed by atoms with Crippen LogP contribution in [0.2, 0.25) is 0 Å². The Morgan fingerprint density at radius 1 is 1.31 bits per heavy atom. The SMILES string of the molecule is Cn1ccnc1-c1ncnc2c1CNCC2. The van der Waals surface area contributed by atoms with E-state index < -0.39 is 0 Å². The lowest BCUT2D eigenvalue weighted by atomic mass is 10.1. The van der Waals surface area contributed by atoms with Crippen LogP contribution in [0.5, 0.6) is 0 Å². The van der Waals surface area contributed by atoms with Gasteiger partial charge in [-0.15, -0.1) is 0 Å². The van der Waals surface area contributed by atoms with E-state index in [1.54, 1.807) is 12.5 Å². The molecule has 5 nitrogen and oxygen atoms in total. The first-order valence-corrected chi connectivity index (χ1v) is 5.37. The van der Waals surface area contributed by atoms with Gasteiger partial charge in [0, 0.05) is 44.5 Å². The molecule has 0 fully saturated rings. The molecule has 0 amide bonds. The van der Waals surface area contributed by atoms with E-state index in [1.807, 2.05) is 17.8 Å². The zero-order valence-electron chi connectivity index (χ0n) is 9.14. The summed E-state index contributed by atoms with van der Waals surface area (Å²) in [7, 11) is 1.98. The predicted molar refractivity (Wildman–Crippen MR) is 59.6 cm³/mol. The molecule has 2 aromatic heterocycles. The third-order valence-corrected chi connectivity index (χ3v) is 2.91. The first-order valence-electron chi connectivity index (χ1n) is 5.37. The molecule has 16 heavy (non-hydrogen) atoms. The molecule has 3 heterocycles. The normalized spacial score (nSPS) is 14.8. The summed E-state index contributed by atoms with van der Waals surface area (Å²) in [6.07, 6.45) is 6.32. The summed E-state index contributed by atoms with van der Waals surface area (Å²) in [6.45, 7) is 1.82. The lowest BCUT2D eigenvalue weighted by Crippen LogP contribution is -2.25. The fraction of sp³-hybridized carbons (Fsp3) is 0.364. The van der Waals surface area contributed by atoms with Gasteiger partial charge in [-0.05, 0) is 0 Å². The number of imidazole rings is 1. The topological polar surface area (TPSA) is 55.6 Å². The number of hydrogen-bond donors (Lipinski definition) is 1. The second-order valence-corrected chi connectivity index (χ2v) is 3.94. The van der Waals surface area contributed by atoms with Crippen molar-refractivity contribution in [3.63, 3.8) is 0 Å². The highest BCUT2D eigenvalue weighted by Crippen LogP contribution is 2.22. The molecule has 0 radical (unpaired) electrons. The molecule has 3 rings (SSSR count). The number of rotatable bonds is 1. The minimum atomic E-state index is 0.832. The van der Waals surface area contributed by atoms with E-state index in [0.717, 1.165) is 36.7 Å². The molecule has 0 aliphatic carbocycles. The van der Waals surface area contributed by atoms with Crippen LogP contribution in [0.1, 0.15) is 11.3 Å². The Labute approximate surface area is 93.6 Å². The van der Waals surface area contributed by atoms with Crippen LogP contribution in [-0.4, -0.2) is 26.1 Å². The fourth-order valence-corrected chi connectivity index (χ4v) is 2.06. The maximum Gasteiger partial charge on any atom is 0.158 e. The average Bonchev–Trinajstić information content (AvgIpc) is 2.75. The number of nitrogens with one attached hydrogen (secondary N) is 1. The van der Waals surface area contributed by atoms with Gasteiger partial charge in [0.15, 0.2) is 5.82 Å². The van der Waals surface area contributed by atoms with E-state index in [2.05, 4.69) is 20.3 Å². The molecule has 1 aliphatic rings. The lowest BCUT2D eigenvalue weighted by Gasteiger charge is -2.18.